The molecule has 0 fully saturated rings. The zero-order valence-corrected chi connectivity index (χ0v) is 13.9. The van der Waals surface area contributed by atoms with Crippen molar-refractivity contribution in [3.8, 4) is 16.3 Å². The Morgan fingerprint density at radius 2 is 2.05 bits per heavy atom. The lowest BCUT2D eigenvalue weighted by Crippen LogP contribution is -2.27. The summed E-state index contributed by atoms with van der Waals surface area (Å²) < 4.78 is 5.14. The molecule has 0 aliphatic carbocycles. The molecule has 0 unspecified atom stereocenters. The summed E-state index contributed by atoms with van der Waals surface area (Å²) in [5.74, 6) is 0.689. The summed E-state index contributed by atoms with van der Waals surface area (Å²) in [6.07, 6.45) is 0.925. The third-order valence-electron chi connectivity index (χ3n) is 3.14. The first kappa shape index (κ1) is 16.5. The van der Waals surface area contributed by atoms with Crippen molar-refractivity contribution in [1.29, 1.82) is 0 Å². The molecule has 1 N–H and O–H groups in total. The van der Waals surface area contributed by atoms with Crippen LogP contribution >= 0.6 is 11.3 Å². The lowest BCUT2D eigenvalue weighted by Gasteiger charge is -2.09. The SMILES string of the molecule is COc1ccc(-c2nc(C(=O)NCCCN(C)C)cs2)cc1. The summed E-state index contributed by atoms with van der Waals surface area (Å²) in [6.45, 7) is 1.61. The summed E-state index contributed by atoms with van der Waals surface area (Å²) in [6, 6.07) is 7.66. The van der Waals surface area contributed by atoms with Gasteiger partial charge in [-0.1, -0.05) is 0 Å². The van der Waals surface area contributed by atoms with Crippen molar-refractivity contribution in [3.05, 3.63) is 35.3 Å². The molecule has 2 aromatic rings. The van der Waals surface area contributed by atoms with Crippen LogP contribution in [0, 0.1) is 0 Å². The lowest BCUT2D eigenvalue weighted by molar-refractivity contribution is 0.0948. The van der Waals surface area contributed by atoms with Crippen LogP contribution in [0.4, 0.5) is 0 Å². The fourth-order valence-electron chi connectivity index (χ4n) is 1.93. The first-order valence-electron chi connectivity index (χ1n) is 7.13. The molecule has 1 heterocycles. The number of amides is 1. The number of ether oxygens (including phenoxy) is 1. The molecule has 22 heavy (non-hydrogen) atoms. The molecule has 0 bridgehead atoms. The van der Waals surface area contributed by atoms with E-state index in [1.54, 1.807) is 12.5 Å². The van der Waals surface area contributed by atoms with Gasteiger partial charge in [0.15, 0.2) is 0 Å². The number of hydrogen-bond donors (Lipinski definition) is 1. The minimum atomic E-state index is -0.116. The first-order chi connectivity index (χ1) is 10.6. The van der Waals surface area contributed by atoms with Crippen molar-refractivity contribution in [2.45, 2.75) is 6.42 Å². The molecule has 6 heteroatoms. The highest BCUT2D eigenvalue weighted by Crippen LogP contribution is 2.25. The van der Waals surface area contributed by atoms with Crippen LogP contribution in [0.15, 0.2) is 29.6 Å². The largest absolute Gasteiger partial charge is 0.497 e. The van der Waals surface area contributed by atoms with E-state index in [9.17, 15) is 4.79 Å². The highest BCUT2D eigenvalue weighted by Gasteiger charge is 2.11. The van der Waals surface area contributed by atoms with Gasteiger partial charge in [-0.05, 0) is 51.3 Å². The van der Waals surface area contributed by atoms with Crippen LogP contribution < -0.4 is 10.1 Å². The van der Waals surface area contributed by atoms with E-state index in [1.165, 1.54) is 11.3 Å². The Labute approximate surface area is 134 Å². The molecule has 5 nitrogen and oxygen atoms in total. The molecular formula is C16H21N3O2S. The molecule has 0 aliphatic rings. The van der Waals surface area contributed by atoms with Crippen LogP contribution in [0.3, 0.4) is 0 Å². The highest BCUT2D eigenvalue weighted by atomic mass is 32.1. The quantitative estimate of drug-likeness (QED) is 0.797. The van der Waals surface area contributed by atoms with Crippen LogP contribution in [0.1, 0.15) is 16.9 Å². The number of nitrogens with one attached hydrogen (secondary N) is 1. The average Bonchev–Trinajstić information content (AvgIpc) is 3.01. The van der Waals surface area contributed by atoms with Crippen LogP contribution in [0.2, 0.25) is 0 Å². The maximum Gasteiger partial charge on any atom is 0.270 e. The highest BCUT2D eigenvalue weighted by molar-refractivity contribution is 7.13. The van der Waals surface area contributed by atoms with E-state index in [-0.39, 0.29) is 5.91 Å². The van der Waals surface area contributed by atoms with Crippen LogP contribution in [-0.2, 0) is 0 Å². The standard InChI is InChI=1S/C16H21N3O2S/c1-19(2)10-4-9-17-15(20)14-11-22-16(18-14)12-5-7-13(21-3)8-6-12/h5-8,11H,4,9-10H2,1-3H3,(H,17,20). The topological polar surface area (TPSA) is 54.5 Å². The first-order valence-corrected chi connectivity index (χ1v) is 8.01. The van der Waals surface area contributed by atoms with Gasteiger partial charge in [-0.15, -0.1) is 11.3 Å². The van der Waals surface area contributed by atoms with Crippen LogP contribution in [0.25, 0.3) is 10.6 Å². The molecule has 1 aromatic heterocycles. The van der Waals surface area contributed by atoms with Gasteiger partial charge in [0.2, 0.25) is 0 Å². The summed E-state index contributed by atoms with van der Waals surface area (Å²) >= 11 is 1.47. The number of carbonyl (C=O) groups is 1. The minimum Gasteiger partial charge on any atom is -0.497 e. The maximum atomic E-state index is 12.0. The molecule has 1 amide bonds. The molecule has 0 saturated carbocycles. The number of carbonyl (C=O) groups excluding carboxylic acids is 1. The van der Waals surface area contributed by atoms with Gasteiger partial charge in [-0.25, -0.2) is 4.98 Å². The van der Waals surface area contributed by atoms with Gasteiger partial charge in [0, 0.05) is 17.5 Å². The van der Waals surface area contributed by atoms with Gasteiger partial charge in [0.1, 0.15) is 16.5 Å². The third kappa shape index (κ3) is 4.54. The summed E-state index contributed by atoms with van der Waals surface area (Å²) in [5.41, 5.74) is 1.46. The predicted molar refractivity (Wildman–Crippen MR) is 89.6 cm³/mol. The lowest BCUT2D eigenvalue weighted by atomic mass is 10.2. The fourth-order valence-corrected chi connectivity index (χ4v) is 2.74. The Hall–Kier alpha value is -1.92. The molecule has 0 spiro atoms. The van der Waals surface area contributed by atoms with E-state index in [0.717, 1.165) is 29.3 Å². The zero-order valence-electron chi connectivity index (χ0n) is 13.1. The van der Waals surface area contributed by atoms with E-state index in [0.29, 0.717) is 12.2 Å². The van der Waals surface area contributed by atoms with E-state index < -0.39 is 0 Å². The Bertz CT molecular complexity index is 608. The number of methoxy groups -OCH3 is 1. The fraction of sp³-hybridized carbons (Fsp3) is 0.375. The van der Waals surface area contributed by atoms with E-state index in [4.69, 9.17) is 4.74 Å². The molecule has 1 aromatic carbocycles. The molecule has 0 atom stereocenters. The van der Waals surface area contributed by atoms with Crippen LogP contribution in [0.5, 0.6) is 5.75 Å². The third-order valence-corrected chi connectivity index (χ3v) is 4.03. The number of nitrogens with zero attached hydrogens (tertiary/aromatic N) is 2. The van der Waals surface area contributed by atoms with Gasteiger partial charge >= 0.3 is 0 Å². The summed E-state index contributed by atoms with van der Waals surface area (Å²) in [4.78, 5) is 18.5. The van der Waals surface area contributed by atoms with E-state index in [1.807, 2.05) is 38.4 Å². The van der Waals surface area contributed by atoms with Crippen molar-refractivity contribution in [2.24, 2.45) is 0 Å². The molecule has 0 aliphatic heterocycles. The molecular weight excluding hydrogens is 298 g/mol. The van der Waals surface area contributed by atoms with Crippen molar-refractivity contribution in [1.82, 2.24) is 15.2 Å². The molecule has 0 radical (unpaired) electrons. The second-order valence-corrected chi connectivity index (χ2v) is 6.04. The maximum absolute atomic E-state index is 12.0. The monoisotopic (exact) mass is 319 g/mol. The van der Waals surface area contributed by atoms with Crippen molar-refractivity contribution < 1.29 is 9.53 Å². The molecule has 118 valence electrons. The van der Waals surface area contributed by atoms with Gasteiger partial charge in [-0.2, -0.15) is 0 Å². The van der Waals surface area contributed by atoms with Crippen molar-refractivity contribution in [2.75, 3.05) is 34.3 Å². The number of thiazole rings is 1. The Balaban J connectivity index is 1.93. The number of benzene rings is 1. The van der Waals surface area contributed by atoms with Gasteiger partial charge < -0.3 is 15.0 Å². The second kappa shape index (κ2) is 7.91. The molecule has 2 rings (SSSR count). The normalized spacial score (nSPS) is 10.7. The minimum absolute atomic E-state index is 0.116. The van der Waals surface area contributed by atoms with E-state index in [2.05, 4.69) is 15.2 Å². The molecule has 0 saturated heterocycles. The number of aromatic nitrogens is 1. The average molecular weight is 319 g/mol. The van der Waals surface area contributed by atoms with Crippen LogP contribution in [-0.4, -0.2) is 50.1 Å². The summed E-state index contributed by atoms with van der Waals surface area (Å²) in [7, 11) is 5.67. The van der Waals surface area contributed by atoms with Crippen molar-refractivity contribution in [3.63, 3.8) is 0 Å². The second-order valence-electron chi connectivity index (χ2n) is 5.18. The predicted octanol–water partition coefficient (Wildman–Crippen LogP) is 2.50. The summed E-state index contributed by atoms with van der Waals surface area (Å²) in [5, 5.41) is 5.52. The zero-order chi connectivity index (χ0) is 15.9. The smallest absolute Gasteiger partial charge is 0.270 e. The Morgan fingerprint density at radius 3 is 2.68 bits per heavy atom. The van der Waals surface area contributed by atoms with Crippen molar-refractivity contribution >= 4 is 17.2 Å². The van der Waals surface area contributed by atoms with Gasteiger partial charge in [0.25, 0.3) is 5.91 Å². The van der Waals surface area contributed by atoms with Gasteiger partial charge in [-0.3, -0.25) is 4.79 Å². The number of rotatable bonds is 7. The number of hydrogen-bond acceptors (Lipinski definition) is 5. The Morgan fingerprint density at radius 1 is 1.32 bits per heavy atom. The Kier molecular flexibility index (Phi) is 5.91. The van der Waals surface area contributed by atoms with Gasteiger partial charge in [0.05, 0.1) is 7.11 Å². The van der Waals surface area contributed by atoms with E-state index >= 15 is 0 Å².